The zero-order chi connectivity index (χ0) is 19.4. The molecule has 0 unspecified atom stereocenters. The summed E-state index contributed by atoms with van der Waals surface area (Å²) in [6.07, 6.45) is 3.94. The zero-order valence-corrected chi connectivity index (χ0v) is 16.3. The monoisotopic (exact) mass is 389 g/mol. The van der Waals surface area contributed by atoms with E-state index in [4.69, 9.17) is 9.47 Å². The van der Waals surface area contributed by atoms with Crippen LogP contribution < -0.4 is 9.46 Å². The molecule has 0 amide bonds. The van der Waals surface area contributed by atoms with Gasteiger partial charge in [-0.3, -0.25) is 4.72 Å². The fourth-order valence-electron chi connectivity index (χ4n) is 3.24. The molecule has 0 saturated heterocycles. The van der Waals surface area contributed by atoms with Crippen molar-refractivity contribution in [1.29, 1.82) is 0 Å². The number of aryl methyl sites for hydroxylation is 2. The number of hydrogen-bond donors (Lipinski definition) is 1. The Kier molecular flexibility index (Phi) is 5.70. The normalized spacial score (nSPS) is 13.6. The lowest BCUT2D eigenvalue weighted by Crippen LogP contribution is -2.16. The molecular formula is C20H23NO5S. The molecule has 6 nitrogen and oxygen atoms in total. The van der Waals surface area contributed by atoms with Crippen LogP contribution in [0.4, 0.5) is 5.69 Å². The Labute approximate surface area is 159 Å². The third-order valence-electron chi connectivity index (χ3n) is 4.54. The van der Waals surface area contributed by atoms with Gasteiger partial charge in [0.2, 0.25) is 0 Å². The number of carbonyl (C=O) groups is 1. The van der Waals surface area contributed by atoms with Gasteiger partial charge in [-0.25, -0.2) is 13.2 Å². The Morgan fingerprint density at radius 2 is 1.81 bits per heavy atom. The van der Waals surface area contributed by atoms with Crippen molar-refractivity contribution in [3.05, 3.63) is 53.1 Å². The molecule has 0 aliphatic heterocycles. The van der Waals surface area contributed by atoms with Gasteiger partial charge in [-0.05, 0) is 74.1 Å². The molecule has 1 aliphatic carbocycles. The molecule has 0 bridgehead atoms. The van der Waals surface area contributed by atoms with Crippen LogP contribution in [0.5, 0.6) is 5.75 Å². The number of esters is 1. The van der Waals surface area contributed by atoms with Crippen LogP contribution in [0.15, 0.2) is 41.3 Å². The predicted octanol–water partition coefficient (Wildman–Crippen LogP) is 3.55. The van der Waals surface area contributed by atoms with E-state index in [2.05, 4.69) is 4.72 Å². The molecule has 0 aromatic heterocycles. The number of anilines is 1. The number of carbonyl (C=O) groups excluding carboxylic acids is 1. The van der Waals surface area contributed by atoms with Crippen molar-refractivity contribution in [2.75, 3.05) is 18.4 Å². The summed E-state index contributed by atoms with van der Waals surface area (Å²) in [6.45, 7) is 1.97. The Bertz CT molecular complexity index is 953. The molecule has 3 rings (SSSR count). The lowest BCUT2D eigenvalue weighted by molar-refractivity contribution is 0.0526. The van der Waals surface area contributed by atoms with Gasteiger partial charge in [0.1, 0.15) is 10.6 Å². The van der Waals surface area contributed by atoms with Crippen LogP contribution in [0.2, 0.25) is 0 Å². The molecule has 27 heavy (non-hydrogen) atoms. The SMILES string of the molecule is CCOC(=O)c1cccc(NS(=O)(=O)c2cc3c(cc2OC)CCCC3)c1. The summed E-state index contributed by atoms with van der Waals surface area (Å²) < 4.78 is 38.8. The van der Waals surface area contributed by atoms with E-state index < -0.39 is 16.0 Å². The van der Waals surface area contributed by atoms with E-state index in [9.17, 15) is 13.2 Å². The second-order valence-corrected chi connectivity index (χ2v) is 8.04. The fraction of sp³-hybridized carbons (Fsp3) is 0.350. The second kappa shape index (κ2) is 8.00. The number of fused-ring (bicyclic) bond motifs is 1. The lowest BCUT2D eigenvalue weighted by Gasteiger charge is -2.19. The Morgan fingerprint density at radius 3 is 2.48 bits per heavy atom. The fourth-order valence-corrected chi connectivity index (χ4v) is 4.50. The number of ether oxygens (including phenoxy) is 2. The number of methoxy groups -OCH3 is 1. The molecule has 7 heteroatoms. The quantitative estimate of drug-likeness (QED) is 0.764. The maximum atomic E-state index is 13.0. The summed E-state index contributed by atoms with van der Waals surface area (Å²) in [5.74, 6) is -0.172. The zero-order valence-electron chi connectivity index (χ0n) is 15.4. The molecule has 0 fully saturated rings. The van der Waals surface area contributed by atoms with Gasteiger partial charge >= 0.3 is 5.97 Å². The summed E-state index contributed by atoms with van der Waals surface area (Å²) >= 11 is 0. The summed E-state index contributed by atoms with van der Waals surface area (Å²) in [6, 6.07) is 9.75. The molecule has 0 spiro atoms. The number of nitrogens with one attached hydrogen (secondary N) is 1. The minimum Gasteiger partial charge on any atom is -0.495 e. The van der Waals surface area contributed by atoms with Crippen molar-refractivity contribution in [1.82, 2.24) is 0 Å². The maximum absolute atomic E-state index is 13.0. The largest absolute Gasteiger partial charge is 0.495 e. The predicted molar refractivity (Wildman–Crippen MR) is 103 cm³/mol. The Morgan fingerprint density at radius 1 is 1.11 bits per heavy atom. The van der Waals surface area contributed by atoms with Crippen LogP contribution in [-0.4, -0.2) is 28.1 Å². The first-order chi connectivity index (χ1) is 12.9. The van der Waals surface area contributed by atoms with Gasteiger partial charge in [-0.2, -0.15) is 0 Å². The van der Waals surface area contributed by atoms with Gasteiger partial charge in [0.25, 0.3) is 10.0 Å². The number of sulfonamides is 1. The van der Waals surface area contributed by atoms with Gasteiger partial charge in [0, 0.05) is 5.69 Å². The second-order valence-electron chi connectivity index (χ2n) is 6.39. The van der Waals surface area contributed by atoms with Crippen LogP contribution in [0.3, 0.4) is 0 Å². The molecular weight excluding hydrogens is 366 g/mol. The van der Waals surface area contributed by atoms with Crippen LogP contribution in [-0.2, 0) is 27.6 Å². The minimum atomic E-state index is -3.87. The van der Waals surface area contributed by atoms with Gasteiger partial charge in [-0.15, -0.1) is 0 Å². The molecule has 2 aromatic rings. The average Bonchev–Trinajstić information content (AvgIpc) is 2.67. The minimum absolute atomic E-state index is 0.104. The van der Waals surface area contributed by atoms with E-state index in [0.29, 0.717) is 11.4 Å². The van der Waals surface area contributed by atoms with Crippen LogP contribution >= 0.6 is 0 Å². The van der Waals surface area contributed by atoms with E-state index in [1.54, 1.807) is 31.2 Å². The van der Waals surface area contributed by atoms with Crippen LogP contribution in [0.25, 0.3) is 0 Å². The van der Waals surface area contributed by atoms with Gasteiger partial charge in [0.05, 0.1) is 19.3 Å². The molecule has 0 saturated carbocycles. The van der Waals surface area contributed by atoms with Crippen LogP contribution in [0.1, 0.15) is 41.3 Å². The standard InChI is InChI=1S/C20H23NO5S/c1-3-26-20(22)16-9-6-10-17(11-16)21-27(23,24)19-13-15-8-5-4-7-14(15)12-18(19)25-2/h6,9-13,21H,3-5,7-8H2,1-2H3. The summed E-state index contributed by atoms with van der Waals surface area (Å²) in [5, 5.41) is 0. The highest BCUT2D eigenvalue weighted by molar-refractivity contribution is 7.92. The van der Waals surface area contributed by atoms with Crippen LogP contribution in [0, 0.1) is 0 Å². The molecule has 2 aromatic carbocycles. The first kappa shape index (κ1) is 19.2. The summed E-state index contributed by atoms with van der Waals surface area (Å²) in [4.78, 5) is 12.0. The van der Waals surface area contributed by atoms with Crippen molar-refractivity contribution in [3.63, 3.8) is 0 Å². The van der Waals surface area contributed by atoms with Gasteiger partial charge in [-0.1, -0.05) is 6.07 Å². The van der Waals surface area contributed by atoms with E-state index in [1.165, 1.54) is 13.2 Å². The highest BCUT2D eigenvalue weighted by Gasteiger charge is 2.23. The number of hydrogen-bond acceptors (Lipinski definition) is 5. The van der Waals surface area contributed by atoms with Gasteiger partial charge < -0.3 is 9.47 Å². The van der Waals surface area contributed by atoms with Crippen molar-refractivity contribution in [3.8, 4) is 5.75 Å². The Balaban J connectivity index is 1.93. The topological polar surface area (TPSA) is 81.7 Å². The van der Waals surface area contributed by atoms with Crippen molar-refractivity contribution >= 4 is 21.7 Å². The molecule has 0 heterocycles. The summed E-state index contributed by atoms with van der Waals surface area (Å²) in [5.41, 5.74) is 2.76. The first-order valence-corrected chi connectivity index (χ1v) is 10.4. The first-order valence-electron chi connectivity index (χ1n) is 8.94. The van der Waals surface area contributed by atoms with E-state index in [-0.39, 0.29) is 17.1 Å². The van der Waals surface area contributed by atoms with Crippen molar-refractivity contribution < 1.29 is 22.7 Å². The third-order valence-corrected chi connectivity index (χ3v) is 5.95. The van der Waals surface area contributed by atoms with E-state index in [1.807, 2.05) is 6.07 Å². The van der Waals surface area contributed by atoms with Gasteiger partial charge in [0.15, 0.2) is 0 Å². The maximum Gasteiger partial charge on any atom is 0.338 e. The molecule has 0 radical (unpaired) electrons. The molecule has 1 N–H and O–H groups in total. The lowest BCUT2D eigenvalue weighted by atomic mass is 9.92. The molecule has 144 valence electrons. The third kappa shape index (κ3) is 4.24. The number of rotatable bonds is 6. The Hall–Kier alpha value is -2.54. The summed E-state index contributed by atoms with van der Waals surface area (Å²) in [7, 11) is -2.41. The highest BCUT2D eigenvalue weighted by atomic mass is 32.2. The van der Waals surface area contributed by atoms with E-state index in [0.717, 1.165) is 36.8 Å². The number of benzene rings is 2. The van der Waals surface area contributed by atoms with E-state index >= 15 is 0 Å². The van der Waals surface area contributed by atoms with Crippen molar-refractivity contribution in [2.45, 2.75) is 37.5 Å². The average molecular weight is 389 g/mol. The molecule has 1 aliphatic rings. The van der Waals surface area contributed by atoms with Crippen molar-refractivity contribution in [2.24, 2.45) is 0 Å². The molecule has 0 atom stereocenters. The smallest absolute Gasteiger partial charge is 0.338 e. The highest BCUT2D eigenvalue weighted by Crippen LogP contribution is 2.33.